The third-order valence-corrected chi connectivity index (χ3v) is 5.01. The summed E-state index contributed by atoms with van der Waals surface area (Å²) in [7, 11) is 0. The number of amides is 2. The Balaban J connectivity index is 1.81. The van der Waals surface area contributed by atoms with E-state index in [-0.39, 0.29) is 17.6 Å². The minimum absolute atomic E-state index is 0.117. The van der Waals surface area contributed by atoms with Gasteiger partial charge in [0, 0.05) is 11.6 Å². The molecule has 0 saturated carbocycles. The van der Waals surface area contributed by atoms with E-state index in [1.807, 2.05) is 52.0 Å². The number of hydrogen-bond donors (Lipinski definition) is 2. The summed E-state index contributed by atoms with van der Waals surface area (Å²) >= 11 is 0. The summed E-state index contributed by atoms with van der Waals surface area (Å²) in [6.45, 7) is 7.95. The van der Waals surface area contributed by atoms with Crippen molar-refractivity contribution in [1.82, 2.24) is 10.6 Å². The molecule has 1 heterocycles. The van der Waals surface area contributed by atoms with Crippen molar-refractivity contribution in [2.24, 2.45) is 0 Å². The van der Waals surface area contributed by atoms with Crippen LogP contribution in [0.15, 0.2) is 71.0 Å². The van der Waals surface area contributed by atoms with Gasteiger partial charge in [-0.1, -0.05) is 35.9 Å². The Kier molecular flexibility index (Phi) is 6.52. The van der Waals surface area contributed by atoms with E-state index in [9.17, 15) is 9.59 Å². The number of carbonyl (C=O) groups excluding carboxylic acids is 2. The van der Waals surface area contributed by atoms with E-state index in [4.69, 9.17) is 4.42 Å². The van der Waals surface area contributed by atoms with Crippen molar-refractivity contribution >= 4 is 17.9 Å². The normalized spacial score (nSPS) is 12.3. The van der Waals surface area contributed by atoms with Crippen LogP contribution in [0.1, 0.15) is 51.3 Å². The minimum Gasteiger partial charge on any atom is -0.465 e. The molecule has 2 N–H and O–H groups in total. The quantitative estimate of drug-likeness (QED) is 0.579. The first kappa shape index (κ1) is 21.1. The van der Waals surface area contributed by atoms with Crippen LogP contribution in [-0.2, 0) is 4.79 Å². The molecule has 3 rings (SSSR count). The molecule has 5 heteroatoms. The molecule has 1 aromatic heterocycles. The molecule has 2 amide bonds. The van der Waals surface area contributed by atoms with Crippen LogP contribution in [0, 0.1) is 20.8 Å². The lowest BCUT2D eigenvalue weighted by Gasteiger charge is -2.17. The van der Waals surface area contributed by atoms with Crippen molar-refractivity contribution in [3.8, 4) is 0 Å². The number of furan rings is 1. The van der Waals surface area contributed by atoms with Gasteiger partial charge in [0.05, 0.1) is 12.3 Å². The fraction of sp³-hybridized carbons (Fsp3) is 0.200. The Morgan fingerprint density at radius 3 is 2.33 bits per heavy atom. The molecule has 1 atom stereocenters. The van der Waals surface area contributed by atoms with Crippen molar-refractivity contribution in [3.05, 3.63) is 100 Å². The number of carbonyl (C=O) groups is 2. The first-order chi connectivity index (χ1) is 14.3. The summed E-state index contributed by atoms with van der Waals surface area (Å²) < 4.78 is 5.33. The maximum absolute atomic E-state index is 13.0. The lowest BCUT2D eigenvalue weighted by molar-refractivity contribution is -0.118. The van der Waals surface area contributed by atoms with Crippen LogP contribution in [0.25, 0.3) is 6.08 Å². The lowest BCUT2D eigenvalue weighted by Crippen LogP contribution is -2.36. The van der Waals surface area contributed by atoms with Crippen LogP contribution >= 0.6 is 0 Å². The molecule has 0 saturated heterocycles. The van der Waals surface area contributed by atoms with E-state index in [1.165, 1.54) is 17.9 Å². The molecule has 0 aliphatic rings. The van der Waals surface area contributed by atoms with Crippen LogP contribution in [0.5, 0.6) is 0 Å². The third-order valence-electron chi connectivity index (χ3n) is 5.01. The van der Waals surface area contributed by atoms with Gasteiger partial charge >= 0.3 is 0 Å². The molecule has 0 fully saturated rings. The monoisotopic (exact) mass is 402 g/mol. The second kappa shape index (κ2) is 9.27. The molecule has 0 aliphatic heterocycles. The molecule has 0 radical (unpaired) electrons. The number of hydrogen-bond acceptors (Lipinski definition) is 3. The van der Waals surface area contributed by atoms with E-state index < -0.39 is 5.91 Å². The van der Waals surface area contributed by atoms with E-state index in [0.717, 1.165) is 16.7 Å². The first-order valence-corrected chi connectivity index (χ1v) is 9.84. The standard InChI is InChI=1S/C25H26N2O3/c1-16-7-10-20(11-8-16)24(28)27-23(15-22-6-5-13-30-22)25(29)26-19(4)21-12-9-17(2)18(3)14-21/h5-15,19H,1-4H3,(H,26,29)(H,27,28)/b23-15-/t19-/m1/s1. The summed E-state index contributed by atoms with van der Waals surface area (Å²) in [5.41, 5.74) is 4.99. The summed E-state index contributed by atoms with van der Waals surface area (Å²) in [6.07, 6.45) is 3.04. The van der Waals surface area contributed by atoms with Gasteiger partial charge in [-0.15, -0.1) is 0 Å². The maximum atomic E-state index is 13.0. The van der Waals surface area contributed by atoms with Gasteiger partial charge < -0.3 is 15.1 Å². The van der Waals surface area contributed by atoms with E-state index in [1.54, 1.807) is 24.3 Å². The Morgan fingerprint density at radius 1 is 0.967 bits per heavy atom. The highest BCUT2D eigenvalue weighted by Crippen LogP contribution is 2.17. The summed E-state index contributed by atoms with van der Waals surface area (Å²) in [5, 5.41) is 5.68. The van der Waals surface area contributed by atoms with Gasteiger partial charge in [0.25, 0.3) is 11.8 Å². The molecule has 0 spiro atoms. The predicted octanol–water partition coefficient (Wildman–Crippen LogP) is 4.85. The van der Waals surface area contributed by atoms with Gasteiger partial charge in [0.1, 0.15) is 11.5 Å². The highest BCUT2D eigenvalue weighted by atomic mass is 16.3. The number of nitrogens with one attached hydrogen (secondary N) is 2. The average molecular weight is 402 g/mol. The van der Waals surface area contributed by atoms with Crippen LogP contribution in [0.2, 0.25) is 0 Å². The minimum atomic E-state index is -0.391. The van der Waals surface area contributed by atoms with Gasteiger partial charge in [0.2, 0.25) is 0 Å². The first-order valence-electron chi connectivity index (χ1n) is 9.84. The van der Waals surface area contributed by atoms with E-state index >= 15 is 0 Å². The molecular weight excluding hydrogens is 376 g/mol. The molecule has 0 aliphatic carbocycles. The Bertz CT molecular complexity index is 1060. The van der Waals surface area contributed by atoms with Crippen LogP contribution in [-0.4, -0.2) is 11.8 Å². The zero-order chi connectivity index (χ0) is 21.7. The second-order valence-electron chi connectivity index (χ2n) is 7.43. The Labute approximate surface area is 176 Å². The topological polar surface area (TPSA) is 71.3 Å². The fourth-order valence-electron chi connectivity index (χ4n) is 2.97. The highest BCUT2D eigenvalue weighted by Gasteiger charge is 2.18. The fourth-order valence-corrected chi connectivity index (χ4v) is 2.97. The average Bonchev–Trinajstić information content (AvgIpc) is 3.23. The Morgan fingerprint density at radius 2 is 1.70 bits per heavy atom. The van der Waals surface area contributed by atoms with Crippen molar-refractivity contribution in [2.75, 3.05) is 0 Å². The number of rotatable bonds is 6. The largest absolute Gasteiger partial charge is 0.465 e. The number of aryl methyl sites for hydroxylation is 3. The summed E-state index contributed by atoms with van der Waals surface area (Å²) in [5.74, 6) is -0.275. The molecule has 0 bridgehead atoms. The van der Waals surface area contributed by atoms with E-state index in [0.29, 0.717) is 11.3 Å². The van der Waals surface area contributed by atoms with Crippen LogP contribution in [0.4, 0.5) is 0 Å². The molecule has 3 aromatic rings. The lowest BCUT2D eigenvalue weighted by atomic mass is 10.0. The summed E-state index contributed by atoms with van der Waals surface area (Å²) in [4.78, 5) is 25.7. The number of benzene rings is 2. The van der Waals surface area contributed by atoms with Crippen molar-refractivity contribution in [2.45, 2.75) is 33.7 Å². The van der Waals surface area contributed by atoms with Gasteiger partial charge in [-0.3, -0.25) is 9.59 Å². The van der Waals surface area contributed by atoms with Crippen LogP contribution in [0.3, 0.4) is 0 Å². The van der Waals surface area contributed by atoms with Crippen molar-refractivity contribution < 1.29 is 14.0 Å². The Hall–Kier alpha value is -3.60. The van der Waals surface area contributed by atoms with Gasteiger partial charge in [-0.05, 0) is 68.7 Å². The van der Waals surface area contributed by atoms with Gasteiger partial charge in [0.15, 0.2) is 0 Å². The zero-order valence-corrected chi connectivity index (χ0v) is 17.7. The van der Waals surface area contributed by atoms with E-state index in [2.05, 4.69) is 16.7 Å². The highest BCUT2D eigenvalue weighted by molar-refractivity contribution is 6.05. The van der Waals surface area contributed by atoms with Crippen molar-refractivity contribution in [1.29, 1.82) is 0 Å². The molecular formula is C25H26N2O3. The van der Waals surface area contributed by atoms with Crippen LogP contribution < -0.4 is 10.6 Å². The SMILES string of the molecule is Cc1ccc(C(=O)N/C(=C\c2ccco2)C(=O)N[C@H](C)c2ccc(C)c(C)c2)cc1. The molecule has 30 heavy (non-hydrogen) atoms. The zero-order valence-electron chi connectivity index (χ0n) is 17.7. The smallest absolute Gasteiger partial charge is 0.268 e. The molecule has 5 nitrogen and oxygen atoms in total. The predicted molar refractivity (Wildman–Crippen MR) is 118 cm³/mol. The van der Waals surface area contributed by atoms with Crippen molar-refractivity contribution in [3.63, 3.8) is 0 Å². The second-order valence-corrected chi connectivity index (χ2v) is 7.43. The molecule has 0 unspecified atom stereocenters. The molecule has 2 aromatic carbocycles. The van der Waals surface area contributed by atoms with Gasteiger partial charge in [-0.25, -0.2) is 0 Å². The molecule has 154 valence electrons. The summed E-state index contributed by atoms with van der Waals surface area (Å²) in [6, 6.07) is 16.5. The van der Waals surface area contributed by atoms with Gasteiger partial charge in [-0.2, -0.15) is 0 Å². The maximum Gasteiger partial charge on any atom is 0.268 e. The third kappa shape index (κ3) is 5.26.